The molecule has 0 spiro atoms. The third kappa shape index (κ3) is 2.28. The standard InChI is InChI=1S/C13H11N5O2/c19-10-6-15-17-13(20)16-12-11(10)18(8-14-12)7-9-4-2-1-3-5-9/h1-6,8H,7H2,(H2,16,17,20)/b15-6-. The zero-order valence-corrected chi connectivity index (χ0v) is 10.4. The smallest absolute Gasteiger partial charge is 0.322 e. The number of anilines is 1. The third-order valence-electron chi connectivity index (χ3n) is 2.85. The first-order valence-corrected chi connectivity index (χ1v) is 5.97. The van der Waals surface area contributed by atoms with Crippen molar-refractivity contribution in [3.63, 3.8) is 0 Å². The molecule has 0 atom stereocenters. The molecule has 0 aliphatic carbocycles. The van der Waals surface area contributed by atoms with E-state index in [1.165, 1.54) is 6.33 Å². The summed E-state index contributed by atoms with van der Waals surface area (Å²) >= 11 is 0. The molecular formula is C13H11N5O2. The topological polar surface area (TPSA) is 88.4 Å². The van der Waals surface area contributed by atoms with Crippen LogP contribution >= 0.6 is 0 Å². The summed E-state index contributed by atoms with van der Waals surface area (Å²) in [6.07, 6.45) is 2.59. The summed E-state index contributed by atoms with van der Waals surface area (Å²) in [5.41, 5.74) is 3.51. The van der Waals surface area contributed by atoms with E-state index in [1.807, 2.05) is 30.3 Å². The Hall–Kier alpha value is -2.96. The number of ketones is 1. The number of fused-ring (bicyclic) bond motifs is 1. The first-order valence-electron chi connectivity index (χ1n) is 5.97. The average molecular weight is 269 g/mol. The number of imidazole rings is 1. The molecule has 20 heavy (non-hydrogen) atoms. The van der Waals surface area contributed by atoms with Crippen molar-refractivity contribution in [1.82, 2.24) is 15.0 Å². The number of benzene rings is 1. The first-order chi connectivity index (χ1) is 9.74. The number of carbonyl (C=O) groups excluding carboxylic acids is 2. The predicted molar refractivity (Wildman–Crippen MR) is 72.7 cm³/mol. The second-order valence-electron chi connectivity index (χ2n) is 4.24. The van der Waals surface area contributed by atoms with E-state index in [2.05, 4.69) is 20.8 Å². The number of urea groups is 1. The second-order valence-corrected chi connectivity index (χ2v) is 4.24. The Morgan fingerprint density at radius 1 is 1.15 bits per heavy atom. The second kappa shape index (κ2) is 4.96. The van der Waals surface area contributed by atoms with Gasteiger partial charge in [0.2, 0.25) is 5.78 Å². The number of aromatic nitrogens is 2. The summed E-state index contributed by atoms with van der Waals surface area (Å²) in [6, 6.07) is 9.14. The SMILES string of the molecule is O=C1N/N=C\C(=O)c2c(ncn2Cc2ccccc2)N1. The Bertz CT molecular complexity index is 690. The highest BCUT2D eigenvalue weighted by molar-refractivity contribution is 6.36. The molecule has 1 aromatic carbocycles. The van der Waals surface area contributed by atoms with Gasteiger partial charge in [0.05, 0.1) is 12.5 Å². The van der Waals surface area contributed by atoms with Crippen LogP contribution in [-0.4, -0.2) is 27.6 Å². The number of carbonyl (C=O) groups is 2. The number of hydrazone groups is 1. The van der Waals surface area contributed by atoms with Crippen molar-refractivity contribution >= 4 is 23.8 Å². The summed E-state index contributed by atoms with van der Waals surface area (Å²) in [7, 11) is 0. The van der Waals surface area contributed by atoms with E-state index in [-0.39, 0.29) is 11.6 Å². The van der Waals surface area contributed by atoms with Crippen LogP contribution < -0.4 is 10.7 Å². The number of nitrogens with zero attached hydrogens (tertiary/aromatic N) is 3. The lowest BCUT2D eigenvalue weighted by Gasteiger charge is -2.10. The van der Waals surface area contributed by atoms with Crippen LogP contribution in [0.25, 0.3) is 0 Å². The summed E-state index contributed by atoms with van der Waals surface area (Å²) in [5, 5.41) is 6.02. The third-order valence-corrected chi connectivity index (χ3v) is 2.85. The predicted octanol–water partition coefficient (Wildman–Crippen LogP) is 1.23. The van der Waals surface area contributed by atoms with Crippen LogP contribution in [0.5, 0.6) is 0 Å². The maximum absolute atomic E-state index is 12.0. The van der Waals surface area contributed by atoms with Crippen molar-refractivity contribution in [3.05, 3.63) is 47.9 Å². The largest absolute Gasteiger partial charge is 0.340 e. The molecule has 0 unspecified atom stereocenters. The number of hydrogen-bond donors (Lipinski definition) is 2. The van der Waals surface area contributed by atoms with E-state index < -0.39 is 6.03 Å². The molecule has 1 aliphatic heterocycles. The van der Waals surface area contributed by atoms with Crippen molar-refractivity contribution in [2.24, 2.45) is 5.10 Å². The highest BCUT2D eigenvalue weighted by Crippen LogP contribution is 2.16. The molecule has 7 nitrogen and oxygen atoms in total. The fraction of sp³-hybridized carbons (Fsp3) is 0.0769. The molecule has 2 aromatic rings. The van der Waals surface area contributed by atoms with Gasteiger partial charge in [-0.25, -0.2) is 15.2 Å². The van der Waals surface area contributed by atoms with Gasteiger partial charge in [-0.05, 0) is 5.56 Å². The van der Waals surface area contributed by atoms with E-state index in [1.54, 1.807) is 4.57 Å². The van der Waals surface area contributed by atoms with Crippen molar-refractivity contribution in [1.29, 1.82) is 0 Å². The Kier molecular flexibility index (Phi) is 3.00. The monoisotopic (exact) mass is 269 g/mol. The van der Waals surface area contributed by atoms with Gasteiger partial charge in [0.1, 0.15) is 5.69 Å². The fourth-order valence-corrected chi connectivity index (χ4v) is 1.98. The van der Waals surface area contributed by atoms with Crippen LogP contribution in [0.2, 0.25) is 0 Å². The number of amides is 2. The lowest BCUT2D eigenvalue weighted by Crippen LogP contribution is -2.28. The van der Waals surface area contributed by atoms with Crippen LogP contribution in [0.1, 0.15) is 16.1 Å². The Morgan fingerprint density at radius 2 is 1.95 bits per heavy atom. The molecule has 0 radical (unpaired) electrons. The molecule has 0 fully saturated rings. The highest BCUT2D eigenvalue weighted by atomic mass is 16.2. The lowest BCUT2D eigenvalue weighted by molar-refractivity contribution is 0.106. The molecule has 2 amide bonds. The lowest BCUT2D eigenvalue weighted by atomic mass is 10.2. The van der Waals surface area contributed by atoms with E-state index in [9.17, 15) is 9.59 Å². The average Bonchev–Trinajstić information content (AvgIpc) is 2.80. The van der Waals surface area contributed by atoms with Crippen LogP contribution in [0, 0.1) is 0 Å². The molecule has 1 aromatic heterocycles. The van der Waals surface area contributed by atoms with Gasteiger partial charge in [0.15, 0.2) is 5.82 Å². The van der Waals surface area contributed by atoms with Gasteiger partial charge >= 0.3 is 6.03 Å². The first kappa shape index (κ1) is 12.1. The molecular weight excluding hydrogens is 258 g/mol. The fourth-order valence-electron chi connectivity index (χ4n) is 1.98. The molecule has 7 heteroatoms. The molecule has 3 rings (SSSR count). The Morgan fingerprint density at radius 3 is 2.75 bits per heavy atom. The van der Waals surface area contributed by atoms with Crippen molar-refractivity contribution in [2.45, 2.75) is 6.54 Å². The van der Waals surface area contributed by atoms with Crippen molar-refractivity contribution in [2.75, 3.05) is 5.32 Å². The molecule has 2 heterocycles. The van der Waals surface area contributed by atoms with Gasteiger partial charge in [-0.3, -0.25) is 10.1 Å². The zero-order chi connectivity index (χ0) is 13.9. The van der Waals surface area contributed by atoms with Crippen molar-refractivity contribution in [3.8, 4) is 0 Å². The minimum absolute atomic E-state index is 0.231. The number of hydrogen-bond acceptors (Lipinski definition) is 4. The molecule has 0 saturated carbocycles. The normalized spacial score (nSPS) is 15.6. The van der Waals surface area contributed by atoms with Gasteiger partial charge in [-0.2, -0.15) is 5.10 Å². The highest BCUT2D eigenvalue weighted by Gasteiger charge is 2.21. The van der Waals surface area contributed by atoms with E-state index in [0.717, 1.165) is 11.8 Å². The minimum atomic E-state index is -0.528. The van der Waals surface area contributed by atoms with Crippen LogP contribution in [0.4, 0.5) is 10.6 Å². The van der Waals surface area contributed by atoms with Gasteiger partial charge < -0.3 is 4.57 Å². The van der Waals surface area contributed by atoms with Gasteiger partial charge in [-0.15, -0.1) is 0 Å². The molecule has 1 aliphatic rings. The van der Waals surface area contributed by atoms with E-state index in [4.69, 9.17) is 0 Å². The molecule has 0 bridgehead atoms. The Labute approximate surface area is 114 Å². The summed E-state index contributed by atoms with van der Waals surface area (Å²) in [4.78, 5) is 27.5. The molecule has 100 valence electrons. The van der Waals surface area contributed by atoms with E-state index >= 15 is 0 Å². The molecule has 2 N–H and O–H groups in total. The Balaban J connectivity index is 1.98. The van der Waals surface area contributed by atoms with E-state index in [0.29, 0.717) is 12.2 Å². The summed E-state index contributed by atoms with van der Waals surface area (Å²) in [5.74, 6) is -0.0875. The molecule has 0 saturated heterocycles. The van der Waals surface area contributed by atoms with Gasteiger partial charge in [-0.1, -0.05) is 30.3 Å². The number of Topliss-reactive ketones (excluding diaryl/α,β-unsaturated/α-hetero) is 1. The van der Waals surface area contributed by atoms with Crippen LogP contribution in [-0.2, 0) is 6.54 Å². The van der Waals surface area contributed by atoms with Gasteiger partial charge in [0.25, 0.3) is 0 Å². The van der Waals surface area contributed by atoms with Crippen LogP contribution in [0.3, 0.4) is 0 Å². The minimum Gasteiger partial charge on any atom is -0.322 e. The maximum atomic E-state index is 12.0. The quantitative estimate of drug-likeness (QED) is 0.859. The summed E-state index contributed by atoms with van der Waals surface area (Å²) < 4.78 is 1.69. The van der Waals surface area contributed by atoms with Crippen molar-refractivity contribution < 1.29 is 9.59 Å². The van der Waals surface area contributed by atoms with Gasteiger partial charge in [0, 0.05) is 6.54 Å². The maximum Gasteiger partial charge on any atom is 0.340 e. The number of rotatable bonds is 2. The zero-order valence-electron chi connectivity index (χ0n) is 10.4. The number of nitrogens with one attached hydrogen (secondary N) is 2. The summed E-state index contributed by atoms with van der Waals surface area (Å²) in [6.45, 7) is 0.492. The van der Waals surface area contributed by atoms with Crippen LogP contribution in [0.15, 0.2) is 41.8 Å².